The second-order valence-electron chi connectivity index (χ2n) is 6.04. The summed E-state index contributed by atoms with van der Waals surface area (Å²) in [5.74, 6) is 1.12. The number of aromatic nitrogens is 2. The number of ether oxygens (including phenoxy) is 1. The van der Waals surface area contributed by atoms with Crippen molar-refractivity contribution in [2.75, 3.05) is 12.3 Å². The first-order valence-electron chi connectivity index (χ1n) is 8.14. The van der Waals surface area contributed by atoms with Crippen molar-refractivity contribution in [3.63, 3.8) is 0 Å². The maximum atomic E-state index is 9.83. The van der Waals surface area contributed by atoms with Gasteiger partial charge in [-0.25, -0.2) is 4.57 Å². The number of benzene rings is 2. The van der Waals surface area contributed by atoms with E-state index in [9.17, 15) is 10.2 Å². The quantitative estimate of drug-likeness (QED) is 0.482. The van der Waals surface area contributed by atoms with E-state index in [1.807, 2.05) is 24.3 Å². The summed E-state index contributed by atoms with van der Waals surface area (Å²) in [5, 5.41) is 19.7. The molecule has 4 N–H and O–H groups in total. The van der Waals surface area contributed by atoms with Gasteiger partial charge in [-0.2, -0.15) is 0 Å². The number of halogens is 1. The number of fused-ring (bicyclic) bond motifs is 2. The summed E-state index contributed by atoms with van der Waals surface area (Å²) in [6.45, 7) is 0.265. The van der Waals surface area contributed by atoms with Gasteiger partial charge in [0.25, 0.3) is 0 Å². The molecule has 0 aliphatic carbocycles. The van der Waals surface area contributed by atoms with Crippen LogP contribution in [0.25, 0.3) is 0 Å². The van der Waals surface area contributed by atoms with E-state index >= 15 is 0 Å². The molecular weight excluding hydrogens is 354 g/mol. The monoisotopic (exact) mass is 370 g/mol. The third-order valence-electron chi connectivity index (χ3n) is 4.49. The van der Waals surface area contributed by atoms with E-state index in [0.717, 1.165) is 11.1 Å². The number of anilines is 1. The fourth-order valence-corrected chi connectivity index (χ4v) is 3.54. The van der Waals surface area contributed by atoms with Crippen LogP contribution in [0.2, 0.25) is 5.02 Å². The number of hydrogen-bond donors (Lipinski definition) is 3. The molecule has 2 heterocycles. The second kappa shape index (κ2) is 6.48. The lowest BCUT2D eigenvalue weighted by atomic mass is 9.83. The molecule has 1 aliphatic heterocycles. The van der Waals surface area contributed by atoms with E-state index in [-0.39, 0.29) is 18.3 Å². The zero-order valence-electron chi connectivity index (χ0n) is 13.8. The fraction of sp³-hybridized carbons (Fsp3) is 0.158. The Morgan fingerprint density at radius 1 is 1.19 bits per heavy atom. The molecule has 3 aromatic rings. The molecule has 0 saturated carbocycles. The van der Waals surface area contributed by atoms with Crippen LogP contribution in [-0.2, 0) is 6.54 Å². The first kappa shape index (κ1) is 16.6. The largest absolute Gasteiger partial charge is 0.508 e. The molecule has 4 rings (SSSR count). The molecule has 0 amide bonds. The minimum absolute atomic E-state index is 0.0581. The van der Waals surface area contributed by atoms with Crippen molar-refractivity contribution in [3.8, 4) is 17.4 Å². The molecule has 2 aromatic carbocycles. The van der Waals surface area contributed by atoms with Gasteiger partial charge in [-0.05, 0) is 17.7 Å². The fourth-order valence-electron chi connectivity index (χ4n) is 3.30. The maximum absolute atomic E-state index is 9.83. The number of rotatable bonds is 3. The van der Waals surface area contributed by atoms with Crippen LogP contribution in [0.3, 0.4) is 0 Å². The summed E-state index contributed by atoms with van der Waals surface area (Å²) < 4.78 is 7.57. The van der Waals surface area contributed by atoms with E-state index in [4.69, 9.17) is 22.1 Å². The Balaban J connectivity index is 2.00. The third-order valence-corrected chi connectivity index (χ3v) is 4.83. The lowest BCUT2D eigenvalue weighted by Crippen LogP contribution is -2.41. The maximum Gasteiger partial charge on any atom is 0.306 e. The molecule has 132 valence electrons. The smallest absolute Gasteiger partial charge is 0.306 e. The molecule has 1 aliphatic rings. The predicted octanol–water partition coefficient (Wildman–Crippen LogP) is 2.59. The van der Waals surface area contributed by atoms with E-state index in [2.05, 4.69) is 4.98 Å². The van der Waals surface area contributed by atoms with Gasteiger partial charge in [-0.3, -0.25) is 0 Å². The van der Waals surface area contributed by atoms with Gasteiger partial charge in [0.15, 0.2) is 0 Å². The Kier molecular flexibility index (Phi) is 4.14. The van der Waals surface area contributed by atoms with Crippen molar-refractivity contribution in [2.24, 2.45) is 0 Å². The van der Waals surface area contributed by atoms with Crippen LogP contribution in [0.1, 0.15) is 22.6 Å². The Morgan fingerprint density at radius 2 is 2.00 bits per heavy atom. The average molecular weight is 371 g/mol. The average Bonchev–Trinajstić information content (AvgIpc) is 2.63. The zero-order valence-corrected chi connectivity index (χ0v) is 14.5. The van der Waals surface area contributed by atoms with Crippen molar-refractivity contribution < 1.29 is 19.5 Å². The Hall–Kier alpha value is -2.83. The van der Waals surface area contributed by atoms with Crippen LogP contribution >= 0.6 is 11.6 Å². The summed E-state index contributed by atoms with van der Waals surface area (Å²) in [5.41, 5.74) is 8.78. The van der Waals surface area contributed by atoms with Crippen LogP contribution in [-0.4, -0.2) is 21.8 Å². The van der Waals surface area contributed by atoms with Crippen LogP contribution in [0.5, 0.6) is 17.4 Å². The Morgan fingerprint density at radius 3 is 2.77 bits per heavy atom. The van der Waals surface area contributed by atoms with E-state index in [1.54, 1.807) is 22.8 Å². The van der Waals surface area contributed by atoms with Crippen molar-refractivity contribution in [1.29, 1.82) is 0 Å². The SMILES string of the molecule is Nc1c2c(nc[n+]1CCO)Oc1cc(O)ccc1[C@H]2c1ccccc1Cl. The topological polar surface area (TPSA) is 92.5 Å². The van der Waals surface area contributed by atoms with E-state index in [0.29, 0.717) is 34.6 Å². The van der Waals surface area contributed by atoms with Gasteiger partial charge >= 0.3 is 5.88 Å². The van der Waals surface area contributed by atoms with Crippen molar-refractivity contribution in [2.45, 2.75) is 12.5 Å². The first-order valence-corrected chi connectivity index (χ1v) is 8.51. The van der Waals surface area contributed by atoms with Crippen molar-refractivity contribution in [1.82, 2.24) is 4.98 Å². The number of hydrogen-bond acceptors (Lipinski definition) is 5. The van der Waals surface area contributed by atoms with E-state index in [1.165, 1.54) is 6.33 Å². The second-order valence-corrected chi connectivity index (χ2v) is 6.45. The number of aliphatic hydroxyl groups is 1. The Bertz CT molecular complexity index is 994. The molecule has 0 bridgehead atoms. The molecule has 0 radical (unpaired) electrons. The van der Waals surface area contributed by atoms with Gasteiger partial charge in [0.2, 0.25) is 12.1 Å². The van der Waals surface area contributed by atoms with Crippen LogP contribution in [0, 0.1) is 0 Å². The van der Waals surface area contributed by atoms with Gasteiger partial charge < -0.3 is 20.7 Å². The van der Waals surface area contributed by atoms with Crippen molar-refractivity contribution in [3.05, 3.63) is 70.5 Å². The highest BCUT2D eigenvalue weighted by molar-refractivity contribution is 6.31. The number of aliphatic hydroxyl groups excluding tert-OH is 1. The third kappa shape index (κ3) is 2.64. The molecule has 1 atom stereocenters. The lowest BCUT2D eigenvalue weighted by Gasteiger charge is -2.27. The Labute approximate surface area is 155 Å². The number of nitrogen functional groups attached to an aromatic ring is 1. The summed E-state index contributed by atoms with van der Waals surface area (Å²) in [6.07, 6.45) is 1.53. The lowest BCUT2D eigenvalue weighted by molar-refractivity contribution is -0.687. The van der Waals surface area contributed by atoms with Gasteiger partial charge in [0, 0.05) is 16.7 Å². The number of phenols is 1. The molecule has 1 aromatic heterocycles. The van der Waals surface area contributed by atoms with Gasteiger partial charge in [-0.15, -0.1) is 0 Å². The highest BCUT2D eigenvalue weighted by Crippen LogP contribution is 2.49. The minimum Gasteiger partial charge on any atom is -0.508 e. The van der Waals surface area contributed by atoms with Gasteiger partial charge in [-0.1, -0.05) is 40.9 Å². The van der Waals surface area contributed by atoms with Crippen molar-refractivity contribution >= 4 is 17.4 Å². The van der Waals surface area contributed by atoms with Gasteiger partial charge in [0.1, 0.15) is 17.1 Å². The van der Waals surface area contributed by atoms with Crippen LogP contribution < -0.4 is 15.0 Å². The van der Waals surface area contributed by atoms with Crippen LogP contribution in [0.4, 0.5) is 5.82 Å². The molecule has 7 heteroatoms. The molecular formula is C19H17ClN3O3+. The highest BCUT2D eigenvalue weighted by Gasteiger charge is 2.37. The molecule has 0 unspecified atom stereocenters. The van der Waals surface area contributed by atoms with Crippen LogP contribution in [0.15, 0.2) is 48.8 Å². The number of phenolic OH excluding ortho intramolecular Hbond substituents is 1. The summed E-state index contributed by atoms with van der Waals surface area (Å²) >= 11 is 6.48. The highest BCUT2D eigenvalue weighted by atomic mass is 35.5. The standard InChI is InChI=1S/C19H16ClN3O3/c20-14-4-2-1-3-12(14)16-13-6-5-11(25)9-15(13)26-19-17(16)18(21)23(7-8-24)10-22-19/h1-6,9-10,16,21,24-25H,7-8H2/p+1/t16-/m1/s1. The number of aromatic hydroxyl groups is 1. The molecule has 6 nitrogen and oxygen atoms in total. The first-order chi connectivity index (χ1) is 12.6. The normalized spacial score (nSPS) is 15.1. The molecule has 26 heavy (non-hydrogen) atoms. The summed E-state index contributed by atoms with van der Waals surface area (Å²) in [6, 6.07) is 12.5. The number of nitrogens with zero attached hydrogens (tertiary/aromatic N) is 2. The zero-order chi connectivity index (χ0) is 18.3. The minimum atomic E-state index is -0.304. The molecule has 0 spiro atoms. The molecule has 0 fully saturated rings. The van der Waals surface area contributed by atoms with E-state index < -0.39 is 0 Å². The van der Waals surface area contributed by atoms with Gasteiger partial charge in [0.05, 0.1) is 19.1 Å². The predicted molar refractivity (Wildman–Crippen MR) is 96.5 cm³/mol. The molecule has 0 saturated heterocycles. The summed E-state index contributed by atoms with van der Waals surface area (Å²) in [4.78, 5) is 4.36. The summed E-state index contributed by atoms with van der Waals surface area (Å²) in [7, 11) is 0. The number of nitrogens with two attached hydrogens (primary N) is 1.